The molecule has 2 aromatic rings. The van der Waals surface area contributed by atoms with Crippen molar-refractivity contribution in [3.05, 3.63) is 88.2 Å². The van der Waals surface area contributed by atoms with Crippen molar-refractivity contribution in [3.8, 4) is 6.07 Å². The van der Waals surface area contributed by atoms with E-state index in [0.717, 1.165) is 11.1 Å². The Morgan fingerprint density at radius 1 is 1.19 bits per heavy atom. The van der Waals surface area contributed by atoms with E-state index >= 15 is 0 Å². The van der Waals surface area contributed by atoms with Crippen LogP contribution in [0.25, 0.3) is 5.76 Å². The van der Waals surface area contributed by atoms with Gasteiger partial charge in [-0.25, -0.2) is 0 Å². The van der Waals surface area contributed by atoms with Crippen LogP contribution in [-0.4, -0.2) is 12.6 Å². The monoisotopic (exact) mass is 379 g/mol. The van der Waals surface area contributed by atoms with Crippen LogP contribution in [0.2, 0.25) is 5.02 Å². The summed E-state index contributed by atoms with van der Waals surface area (Å²) in [5, 5.41) is 10.4. The van der Waals surface area contributed by atoms with Crippen LogP contribution in [0.4, 0.5) is 0 Å². The van der Waals surface area contributed by atoms with Crippen LogP contribution in [0.1, 0.15) is 30.4 Å². The predicted octanol–water partition coefficient (Wildman–Crippen LogP) is 5.23. The van der Waals surface area contributed by atoms with Crippen molar-refractivity contribution in [2.45, 2.75) is 19.3 Å². The van der Waals surface area contributed by atoms with E-state index in [0.29, 0.717) is 28.7 Å². The first-order valence-electron chi connectivity index (χ1n) is 8.61. The Bertz CT molecular complexity index is 924. The van der Waals surface area contributed by atoms with Gasteiger partial charge in [-0.05, 0) is 30.7 Å². The number of esters is 1. The normalized spacial score (nSPS) is 16.2. The first-order chi connectivity index (χ1) is 13.1. The van der Waals surface area contributed by atoms with E-state index in [2.05, 4.69) is 6.07 Å². The third kappa shape index (κ3) is 4.39. The van der Waals surface area contributed by atoms with E-state index in [1.165, 1.54) is 0 Å². The number of nitriles is 1. The van der Waals surface area contributed by atoms with Gasteiger partial charge in [0, 0.05) is 16.5 Å². The molecule has 0 saturated carbocycles. The second-order valence-electron chi connectivity index (χ2n) is 5.97. The van der Waals surface area contributed by atoms with E-state index in [-0.39, 0.29) is 18.3 Å². The van der Waals surface area contributed by atoms with Crippen molar-refractivity contribution in [2.75, 3.05) is 6.61 Å². The summed E-state index contributed by atoms with van der Waals surface area (Å²) in [5.41, 5.74) is 2.16. The highest BCUT2D eigenvalue weighted by Gasteiger charge is 2.28. The average molecular weight is 380 g/mol. The van der Waals surface area contributed by atoms with Crippen molar-refractivity contribution >= 4 is 23.3 Å². The molecule has 4 nitrogen and oxygen atoms in total. The first-order valence-corrected chi connectivity index (χ1v) is 8.99. The van der Waals surface area contributed by atoms with Crippen molar-refractivity contribution in [1.82, 2.24) is 0 Å². The summed E-state index contributed by atoms with van der Waals surface area (Å²) in [6.45, 7) is 2.06. The molecule has 136 valence electrons. The van der Waals surface area contributed by atoms with Crippen LogP contribution in [0.5, 0.6) is 0 Å². The third-order valence-electron chi connectivity index (χ3n) is 4.15. The van der Waals surface area contributed by atoms with E-state index < -0.39 is 0 Å². The molecule has 3 rings (SSSR count). The fourth-order valence-corrected chi connectivity index (χ4v) is 3.06. The number of halogens is 1. The van der Waals surface area contributed by atoms with E-state index in [4.69, 9.17) is 21.1 Å². The lowest BCUT2D eigenvalue weighted by molar-refractivity contribution is -0.142. The molecule has 5 heteroatoms. The van der Waals surface area contributed by atoms with E-state index in [1.54, 1.807) is 25.1 Å². The molecule has 1 heterocycles. The van der Waals surface area contributed by atoms with Crippen molar-refractivity contribution in [1.29, 1.82) is 5.26 Å². The quantitative estimate of drug-likeness (QED) is 0.668. The number of carbonyl (C=O) groups excluding carboxylic acids is 1. The zero-order chi connectivity index (χ0) is 19.2. The smallest absolute Gasteiger partial charge is 0.313 e. The third-order valence-corrected chi connectivity index (χ3v) is 4.40. The SMILES string of the molecule is CCOC(=O)CC1=C[C@H](c2ccc(Cl)cc2)C(C#N)=C(c2ccccc2)O1. The maximum Gasteiger partial charge on any atom is 0.313 e. The Balaban J connectivity index is 2.06. The summed E-state index contributed by atoms with van der Waals surface area (Å²) in [6.07, 6.45) is 1.80. The lowest BCUT2D eigenvalue weighted by Gasteiger charge is -2.25. The number of nitrogens with zero attached hydrogens (tertiary/aromatic N) is 1. The Morgan fingerprint density at radius 3 is 2.52 bits per heavy atom. The summed E-state index contributed by atoms with van der Waals surface area (Å²) in [7, 11) is 0. The van der Waals surface area contributed by atoms with Gasteiger partial charge in [0.25, 0.3) is 0 Å². The molecule has 0 N–H and O–H groups in total. The fraction of sp³-hybridized carbons (Fsp3) is 0.182. The molecule has 0 aromatic heterocycles. The number of allylic oxidation sites excluding steroid dienone is 2. The van der Waals surface area contributed by atoms with E-state index in [9.17, 15) is 10.1 Å². The number of benzene rings is 2. The minimum absolute atomic E-state index is 0.00692. The zero-order valence-electron chi connectivity index (χ0n) is 14.8. The molecule has 27 heavy (non-hydrogen) atoms. The summed E-state index contributed by atoms with van der Waals surface area (Å²) in [5.74, 6) is 0.221. The van der Waals surface area contributed by atoms with Gasteiger partial charge in [0.2, 0.25) is 0 Å². The number of rotatable bonds is 5. The van der Waals surface area contributed by atoms with Crippen LogP contribution < -0.4 is 0 Å². The van der Waals surface area contributed by atoms with Crippen molar-refractivity contribution < 1.29 is 14.3 Å². The van der Waals surface area contributed by atoms with Gasteiger partial charge in [0.1, 0.15) is 17.9 Å². The van der Waals surface area contributed by atoms with Crippen LogP contribution >= 0.6 is 11.6 Å². The summed E-state index contributed by atoms with van der Waals surface area (Å²) in [6, 6.07) is 19.0. The second-order valence-corrected chi connectivity index (χ2v) is 6.40. The zero-order valence-corrected chi connectivity index (χ0v) is 15.6. The van der Waals surface area contributed by atoms with Gasteiger partial charge >= 0.3 is 5.97 Å². The highest BCUT2D eigenvalue weighted by molar-refractivity contribution is 6.30. The maximum atomic E-state index is 12.0. The van der Waals surface area contributed by atoms with Crippen LogP contribution in [0.3, 0.4) is 0 Å². The molecular weight excluding hydrogens is 362 g/mol. The highest BCUT2D eigenvalue weighted by atomic mass is 35.5. The molecule has 0 radical (unpaired) electrons. The molecule has 0 fully saturated rings. The summed E-state index contributed by atoms with van der Waals surface area (Å²) < 4.78 is 11.0. The van der Waals surface area contributed by atoms with Gasteiger partial charge in [-0.2, -0.15) is 5.26 Å². The number of carbonyl (C=O) groups is 1. The molecule has 0 spiro atoms. The Hall–Kier alpha value is -3.03. The topological polar surface area (TPSA) is 59.3 Å². The Kier molecular flexibility index (Phi) is 5.95. The van der Waals surface area contributed by atoms with Crippen LogP contribution in [-0.2, 0) is 14.3 Å². The van der Waals surface area contributed by atoms with Gasteiger partial charge in [-0.3, -0.25) is 4.79 Å². The highest BCUT2D eigenvalue weighted by Crippen LogP contribution is 2.39. The fourth-order valence-electron chi connectivity index (χ4n) is 2.94. The van der Waals surface area contributed by atoms with Crippen molar-refractivity contribution in [2.24, 2.45) is 0 Å². The number of ether oxygens (including phenoxy) is 2. The minimum atomic E-state index is -0.369. The average Bonchev–Trinajstić information content (AvgIpc) is 2.69. The molecular formula is C22H18ClNO3. The minimum Gasteiger partial charge on any atom is -0.466 e. The lowest BCUT2D eigenvalue weighted by Crippen LogP contribution is -2.14. The molecule has 0 saturated heterocycles. The van der Waals surface area contributed by atoms with Gasteiger partial charge in [0.15, 0.2) is 0 Å². The van der Waals surface area contributed by atoms with Gasteiger partial charge < -0.3 is 9.47 Å². The molecule has 0 unspecified atom stereocenters. The largest absolute Gasteiger partial charge is 0.466 e. The molecule has 0 bridgehead atoms. The van der Waals surface area contributed by atoms with Crippen LogP contribution in [0.15, 0.2) is 72.0 Å². The molecule has 1 atom stereocenters. The number of hydrogen-bond donors (Lipinski definition) is 0. The van der Waals surface area contributed by atoms with Gasteiger partial charge in [-0.1, -0.05) is 54.1 Å². The molecule has 0 aliphatic carbocycles. The molecule has 1 aliphatic rings. The van der Waals surface area contributed by atoms with Crippen LogP contribution in [0, 0.1) is 11.3 Å². The molecule has 2 aromatic carbocycles. The summed E-state index contributed by atoms with van der Waals surface area (Å²) >= 11 is 6.00. The van der Waals surface area contributed by atoms with Crippen molar-refractivity contribution in [3.63, 3.8) is 0 Å². The predicted molar refractivity (Wildman–Crippen MR) is 104 cm³/mol. The van der Waals surface area contributed by atoms with Gasteiger partial charge in [-0.15, -0.1) is 0 Å². The maximum absolute atomic E-state index is 12.0. The lowest BCUT2D eigenvalue weighted by atomic mass is 9.87. The first kappa shape index (κ1) is 18.8. The Morgan fingerprint density at radius 2 is 1.89 bits per heavy atom. The number of hydrogen-bond acceptors (Lipinski definition) is 4. The Labute approximate surface area is 163 Å². The van der Waals surface area contributed by atoms with Gasteiger partial charge in [0.05, 0.1) is 18.2 Å². The second kappa shape index (κ2) is 8.57. The summed E-state index contributed by atoms with van der Waals surface area (Å²) in [4.78, 5) is 12.0. The molecule has 1 aliphatic heterocycles. The molecule has 0 amide bonds. The standard InChI is InChI=1S/C22H18ClNO3/c1-2-26-21(25)13-18-12-19(15-8-10-17(23)11-9-15)20(14-24)22(27-18)16-6-4-3-5-7-16/h3-12,19H,2,13H2,1H3/t19-/m1/s1. The van der Waals surface area contributed by atoms with E-state index in [1.807, 2.05) is 42.5 Å².